The maximum atomic E-state index is 13.9. The van der Waals surface area contributed by atoms with E-state index in [9.17, 15) is 70.6 Å². The largest absolute Gasteiger partial charge is 0.547 e. The molecule has 21 unspecified atom stereocenters. The van der Waals surface area contributed by atoms with Crippen molar-refractivity contribution in [3.8, 4) is 0 Å². The number of ether oxygens (including phenoxy) is 5. The van der Waals surface area contributed by atoms with Crippen molar-refractivity contribution in [3.63, 3.8) is 0 Å². The number of carboxylic acids is 1. The number of hydrogen-bond acceptors (Lipinski definition) is 20. The molecular formula is C35H54N2O19. The molecule has 7 rings (SSSR count). The van der Waals surface area contributed by atoms with Gasteiger partial charge in [0.15, 0.2) is 18.0 Å². The molecule has 0 aromatic rings. The molecule has 318 valence electrons. The normalized spacial score (nSPS) is 52.3. The van der Waals surface area contributed by atoms with Gasteiger partial charge in [0.25, 0.3) is 0 Å². The van der Waals surface area contributed by atoms with Crippen molar-refractivity contribution < 1.29 is 99.6 Å². The molecule has 5 heterocycles. The van der Waals surface area contributed by atoms with E-state index in [2.05, 4.69) is 0 Å². The number of carboxylic acid groups (broad SMARTS) is 1. The fourth-order valence-electron chi connectivity index (χ4n) is 10.4. The summed E-state index contributed by atoms with van der Waals surface area (Å²) in [7, 11) is 0. The number of aliphatic hydroxyl groups excluding tert-OH is 8. The highest BCUT2D eigenvalue weighted by molar-refractivity contribution is 5.83. The highest BCUT2D eigenvalue weighted by atomic mass is 16.8. The maximum Gasteiger partial charge on any atom is 0.340 e. The Morgan fingerprint density at radius 3 is 2.16 bits per heavy atom. The molecule has 7 fully saturated rings. The van der Waals surface area contributed by atoms with E-state index in [0.717, 1.165) is 0 Å². The molecule has 0 aromatic carbocycles. The Bertz CT molecular complexity index is 1470. The first-order chi connectivity index (χ1) is 26.3. The molecule has 14 N–H and O–H groups in total. The molecule has 56 heavy (non-hydrogen) atoms. The van der Waals surface area contributed by atoms with Gasteiger partial charge < -0.3 is 90.0 Å². The highest BCUT2D eigenvalue weighted by Gasteiger charge is 2.64. The van der Waals surface area contributed by atoms with Crippen LogP contribution in [0.15, 0.2) is 0 Å². The van der Waals surface area contributed by atoms with Gasteiger partial charge in [0, 0.05) is 37.5 Å². The van der Waals surface area contributed by atoms with E-state index < -0.39 is 121 Å². The highest BCUT2D eigenvalue weighted by Crippen LogP contribution is 2.52. The minimum absolute atomic E-state index is 0.000745. The van der Waals surface area contributed by atoms with Gasteiger partial charge in [-0.2, -0.15) is 0 Å². The second kappa shape index (κ2) is 15.9. The lowest BCUT2D eigenvalue weighted by Crippen LogP contribution is -2.95. The number of rotatable bonds is 5. The topological polar surface area (TPSA) is 365 Å². The Labute approximate surface area is 320 Å². The maximum absolute atomic E-state index is 13.9. The average Bonchev–Trinajstić information content (AvgIpc) is 3.31. The summed E-state index contributed by atoms with van der Waals surface area (Å²) in [6.45, 7) is 0.566. The predicted octanol–water partition coefficient (Wildman–Crippen LogP) is -8.12. The number of carbonyl (C=O) groups excluding carboxylic acids is 3. The number of Topliss-reactive ketones (excluding diaryl/α,β-unsaturated/α-hetero) is 1. The van der Waals surface area contributed by atoms with Crippen molar-refractivity contribution in [1.82, 2.24) is 0 Å². The lowest BCUT2D eigenvalue weighted by Gasteiger charge is -2.53. The van der Waals surface area contributed by atoms with Crippen molar-refractivity contribution in [3.05, 3.63) is 0 Å². The Morgan fingerprint density at radius 1 is 0.786 bits per heavy atom. The zero-order valence-corrected chi connectivity index (χ0v) is 30.4. The van der Waals surface area contributed by atoms with Gasteiger partial charge in [-0.3, -0.25) is 10.5 Å². The molecule has 0 bridgehead atoms. The number of esters is 1. The molecule has 21 heteroatoms. The van der Waals surface area contributed by atoms with E-state index in [0.29, 0.717) is 32.2 Å². The predicted molar refractivity (Wildman–Crippen MR) is 175 cm³/mol. The molecule has 1 spiro atoms. The van der Waals surface area contributed by atoms with Gasteiger partial charge in [-0.15, -0.1) is 0 Å². The summed E-state index contributed by atoms with van der Waals surface area (Å²) < 4.78 is 29.0. The third kappa shape index (κ3) is 7.41. The van der Waals surface area contributed by atoms with E-state index in [1.165, 1.54) is 0 Å². The van der Waals surface area contributed by atoms with Crippen LogP contribution < -0.4 is 16.2 Å². The fraction of sp³-hybridized carbons (Fsp3) is 0.914. The quantitative estimate of drug-likeness (QED) is 0.0906. The van der Waals surface area contributed by atoms with E-state index >= 15 is 0 Å². The molecule has 21 atom stereocenters. The molecule has 0 amide bonds. The monoisotopic (exact) mass is 806 g/mol. The molecule has 0 radical (unpaired) electrons. The first-order valence-electron chi connectivity index (χ1n) is 19.4. The van der Waals surface area contributed by atoms with Crippen LogP contribution in [0.4, 0.5) is 0 Å². The van der Waals surface area contributed by atoms with Gasteiger partial charge in [0.05, 0.1) is 55.1 Å². The molecule has 7 aliphatic rings. The fourth-order valence-corrected chi connectivity index (χ4v) is 10.4. The molecule has 2 aliphatic carbocycles. The number of fused-ring (bicyclic) bond motifs is 2. The Kier molecular flexibility index (Phi) is 11.9. The molecule has 21 nitrogen and oxygen atoms in total. The van der Waals surface area contributed by atoms with Crippen LogP contribution in [-0.4, -0.2) is 179 Å². The van der Waals surface area contributed by atoms with E-state index in [1.54, 1.807) is 0 Å². The number of aliphatic hydroxyl groups is 10. The molecule has 5 saturated heterocycles. The van der Waals surface area contributed by atoms with Crippen LogP contribution in [0.3, 0.4) is 0 Å². The number of hydrogen-bond donors (Lipinski definition) is 12. The summed E-state index contributed by atoms with van der Waals surface area (Å²) in [5.41, 5.74) is 6.17. The van der Waals surface area contributed by atoms with Crippen LogP contribution in [-0.2, 0) is 38.1 Å². The molecule has 5 aliphatic heterocycles. The number of aliphatic carboxylic acids is 1. The van der Waals surface area contributed by atoms with Gasteiger partial charge in [-0.05, 0) is 43.9 Å². The van der Waals surface area contributed by atoms with Gasteiger partial charge in [-0.25, -0.2) is 4.79 Å². The zero-order valence-electron chi connectivity index (χ0n) is 30.4. The SMILES string of the molecule is NC1CCC(C2CCC3(OC4CC5OC(C6CCC(O)C(O)C6)CC(=O)C5C(O)C42)OC(C(=O)OC2OC(C(=O)[O-])C(O)(O)C(O)C2O)C(O)C(O)C3O)C[NH2+]1. The summed E-state index contributed by atoms with van der Waals surface area (Å²) in [6, 6.07) is 0. The minimum Gasteiger partial charge on any atom is -0.547 e. The number of ketones is 1. The van der Waals surface area contributed by atoms with Gasteiger partial charge in [-0.1, -0.05) is 0 Å². The summed E-state index contributed by atoms with van der Waals surface area (Å²) in [4.78, 5) is 39.0. The summed E-state index contributed by atoms with van der Waals surface area (Å²) in [6.07, 6.45) is -22.3. The van der Waals surface area contributed by atoms with Crippen molar-refractivity contribution in [1.29, 1.82) is 0 Å². The van der Waals surface area contributed by atoms with E-state index in [4.69, 9.17) is 29.4 Å². The lowest BCUT2D eigenvalue weighted by atomic mass is 9.62. The van der Waals surface area contributed by atoms with E-state index in [1.807, 2.05) is 5.32 Å². The third-order valence-corrected chi connectivity index (χ3v) is 13.6. The average molecular weight is 807 g/mol. The Hall–Kier alpha value is -2.03. The summed E-state index contributed by atoms with van der Waals surface area (Å²) in [5.74, 6) is -12.3. The summed E-state index contributed by atoms with van der Waals surface area (Å²) in [5, 5.41) is 120. The van der Waals surface area contributed by atoms with Crippen LogP contribution >= 0.6 is 0 Å². The summed E-state index contributed by atoms with van der Waals surface area (Å²) >= 11 is 0. The molecule has 2 saturated carbocycles. The van der Waals surface area contributed by atoms with Crippen LogP contribution in [0.2, 0.25) is 0 Å². The van der Waals surface area contributed by atoms with Gasteiger partial charge in [0.2, 0.25) is 12.1 Å². The first kappa shape index (κ1) is 42.1. The van der Waals surface area contributed by atoms with Crippen molar-refractivity contribution in [2.24, 2.45) is 35.3 Å². The number of quaternary nitrogens is 1. The van der Waals surface area contributed by atoms with Crippen molar-refractivity contribution in [2.75, 3.05) is 6.54 Å². The second-order valence-electron chi connectivity index (χ2n) is 16.9. The third-order valence-electron chi connectivity index (χ3n) is 13.6. The first-order valence-corrected chi connectivity index (χ1v) is 19.4. The number of nitrogens with two attached hydrogens (primary N) is 2. The van der Waals surface area contributed by atoms with E-state index in [-0.39, 0.29) is 61.8 Å². The zero-order chi connectivity index (χ0) is 40.6. The van der Waals surface area contributed by atoms with Crippen molar-refractivity contribution >= 4 is 17.7 Å². The van der Waals surface area contributed by atoms with Gasteiger partial charge >= 0.3 is 5.97 Å². The second-order valence-corrected chi connectivity index (χ2v) is 16.9. The lowest BCUT2D eigenvalue weighted by molar-refractivity contribution is -0.704. The standard InChI is InChI=1S/C35H54N2O19/c36-20-4-2-12(10-37-20)13-5-6-34(55-19-9-18-22(23(41)21(13)19)16(40)8-17(52-18)11-1-3-14(38)15(39)7-11)28(45)25(43)24(42)27(56-34)32(49)54-33-26(44)29(46)35(50,51)30(53-33)31(47)48/h11-15,17-30,33,37-39,41-46,50-51H,1-10,36H2,(H,47,48). The van der Waals surface area contributed by atoms with Crippen molar-refractivity contribution in [2.45, 2.75) is 161 Å². The number of piperidine rings is 1. The van der Waals surface area contributed by atoms with Crippen LogP contribution in [0, 0.1) is 29.6 Å². The van der Waals surface area contributed by atoms with Crippen LogP contribution in [0.5, 0.6) is 0 Å². The Morgan fingerprint density at radius 2 is 1.50 bits per heavy atom. The smallest absolute Gasteiger partial charge is 0.340 e. The van der Waals surface area contributed by atoms with Crippen LogP contribution in [0.25, 0.3) is 0 Å². The molecule has 0 aromatic heterocycles. The van der Waals surface area contributed by atoms with Crippen LogP contribution in [0.1, 0.15) is 57.8 Å². The minimum atomic E-state index is -3.56. The number of carbonyl (C=O) groups is 3. The van der Waals surface area contributed by atoms with Gasteiger partial charge in [0.1, 0.15) is 42.5 Å². The Balaban J connectivity index is 1.17. The molecular weight excluding hydrogens is 752 g/mol.